The summed E-state index contributed by atoms with van der Waals surface area (Å²) in [5, 5.41) is 8.76. The number of nitrogens with zero attached hydrogens (tertiary/aromatic N) is 4. The third kappa shape index (κ3) is 6.45. The first kappa shape index (κ1) is 17.2. The number of aromatic nitrogens is 2. The summed E-state index contributed by atoms with van der Waals surface area (Å²) in [6.45, 7) is 8.25. The van der Waals surface area contributed by atoms with E-state index in [1.165, 1.54) is 0 Å². The molecule has 2 rings (SSSR count). The Balaban J connectivity index is 0.00000180. The van der Waals surface area contributed by atoms with Crippen LogP contribution in [0.3, 0.4) is 0 Å². The molecule has 0 bridgehead atoms. The molecule has 105 valence electrons. The molecule has 5 nitrogen and oxygen atoms in total. The topological polar surface area (TPSA) is 44.5 Å². The summed E-state index contributed by atoms with van der Waals surface area (Å²) in [7, 11) is 0. The molecule has 6 heteroatoms. The largest absolute Gasteiger partial charge is 0.396 e. The number of unbranched alkanes of at least 4 members (excludes halogenated alkanes) is 1. The number of hydrogen-bond donors (Lipinski definition) is 1. The van der Waals surface area contributed by atoms with Gasteiger partial charge in [-0.25, -0.2) is 4.98 Å². The predicted molar refractivity (Wildman–Crippen MR) is 71.4 cm³/mol. The molecule has 1 aliphatic heterocycles. The Labute approximate surface area is 140 Å². The van der Waals surface area contributed by atoms with Crippen molar-refractivity contribution >= 4 is 0 Å². The fraction of sp³-hybridized carbons (Fsp3) is 0.769. The summed E-state index contributed by atoms with van der Waals surface area (Å²) in [6.07, 6.45) is 7.78. The summed E-state index contributed by atoms with van der Waals surface area (Å²) in [5.74, 6) is 0. The summed E-state index contributed by atoms with van der Waals surface area (Å²) < 4.78 is 2.13. The molecule has 19 heavy (non-hydrogen) atoms. The van der Waals surface area contributed by atoms with Gasteiger partial charge in [-0.05, 0) is 19.4 Å². The number of aliphatic hydroxyl groups excluding tert-OH is 1. The molecule has 0 amide bonds. The third-order valence-corrected chi connectivity index (χ3v) is 3.58. The summed E-state index contributed by atoms with van der Waals surface area (Å²) in [5.41, 5.74) is 0. The van der Waals surface area contributed by atoms with Gasteiger partial charge in [-0.3, -0.25) is 4.90 Å². The van der Waals surface area contributed by atoms with E-state index in [1.54, 1.807) is 0 Å². The van der Waals surface area contributed by atoms with Crippen LogP contribution in [0.5, 0.6) is 0 Å². The normalized spacial score (nSPS) is 17.3. The molecule has 1 radical (unpaired) electrons. The van der Waals surface area contributed by atoms with Crippen molar-refractivity contribution in [3.8, 4) is 0 Å². The van der Waals surface area contributed by atoms with Crippen LogP contribution in [0.1, 0.15) is 12.8 Å². The van der Waals surface area contributed by atoms with Crippen LogP contribution in [-0.2, 0) is 39.3 Å². The van der Waals surface area contributed by atoms with E-state index < -0.39 is 0 Å². The molecule has 0 aromatic carbocycles. The number of aliphatic hydroxyl groups is 1. The fourth-order valence-electron chi connectivity index (χ4n) is 2.36. The van der Waals surface area contributed by atoms with Crippen LogP contribution in [0.4, 0.5) is 0 Å². The number of rotatable bonds is 7. The minimum atomic E-state index is 0. The van der Waals surface area contributed by atoms with E-state index >= 15 is 0 Å². The van der Waals surface area contributed by atoms with Crippen LogP contribution < -0.4 is 0 Å². The van der Waals surface area contributed by atoms with E-state index in [0.29, 0.717) is 6.61 Å². The maximum atomic E-state index is 8.76. The molecule has 0 unspecified atom stereocenters. The fourth-order valence-corrected chi connectivity index (χ4v) is 2.36. The number of hydrogen-bond acceptors (Lipinski definition) is 4. The molecule has 1 aromatic rings. The second-order valence-corrected chi connectivity index (χ2v) is 4.91. The van der Waals surface area contributed by atoms with Crippen LogP contribution >= 0.6 is 0 Å². The Morgan fingerprint density at radius 2 is 1.63 bits per heavy atom. The molecule has 1 fully saturated rings. The Morgan fingerprint density at radius 3 is 2.21 bits per heavy atom. The minimum absolute atomic E-state index is 0. The smallest absolute Gasteiger partial charge is 0.0946 e. The SMILES string of the molecule is OCCCCN1CCN(CCn2ccnc2)CC1.[Y]. The van der Waals surface area contributed by atoms with Gasteiger partial charge in [-0.1, -0.05) is 0 Å². The van der Waals surface area contributed by atoms with E-state index in [9.17, 15) is 0 Å². The molecule has 2 heterocycles. The van der Waals surface area contributed by atoms with Crippen molar-refractivity contribution in [1.29, 1.82) is 0 Å². The molecule has 1 aromatic heterocycles. The van der Waals surface area contributed by atoms with E-state index in [0.717, 1.165) is 58.7 Å². The molecule has 0 saturated carbocycles. The Bertz CT molecular complexity index is 312. The molecule has 1 aliphatic rings. The van der Waals surface area contributed by atoms with Crippen LogP contribution in [0.2, 0.25) is 0 Å². The van der Waals surface area contributed by atoms with E-state index in [-0.39, 0.29) is 32.7 Å². The van der Waals surface area contributed by atoms with Crippen molar-refractivity contribution in [1.82, 2.24) is 19.4 Å². The first-order chi connectivity index (χ1) is 8.88. The second-order valence-electron chi connectivity index (χ2n) is 4.91. The van der Waals surface area contributed by atoms with Gasteiger partial charge in [0.05, 0.1) is 6.33 Å². The predicted octanol–water partition coefficient (Wildman–Crippen LogP) is 0.271. The number of imidazole rings is 1. The molecule has 0 spiro atoms. The van der Waals surface area contributed by atoms with Crippen molar-refractivity contribution in [2.45, 2.75) is 19.4 Å². The van der Waals surface area contributed by atoms with Gasteiger partial charge in [0.15, 0.2) is 0 Å². The summed E-state index contributed by atoms with van der Waals surface area (Å²) in [6, 6.07) is 0. The van der Waals surface area contributed by atoms with Crippen LogP contribution in [0.25, 0.3) is 0 Å². The van der Waals surface area contributed by atoms with Gasteiger partial charge < -0.3 is 14.6 Å². The molecular formula is C13H24N4OY. The first-order valence-electron chi connectivity index (χ1n) is 6.90. The minimum Gasteiger partial charge on any atom is -0.396 e. The maximum absolute atomic E-state index is 8.76. The molecule has 0 atom stereocenters. The quantitative estimate of drug-likeness (QED) is 0.724. The van der Waals surface area contributed by atoms with Crippen LogP contribution in [0.15, 0.2) is 18.7 Å². The maximum Gasteiger partial charge on any atom is 0.0946 e. The summed E-state index contributed by atoms with van der Waals surface area (Å²) in [4.78, 5) is 9.08. The standard InChI is InChI=1S/C13H24N4O.Y/c18-12-2-1-4-15-6-8-16(9-7-15)10-11-17-5-3-14-13-17;/h3,5,13,18H,1-2,4,6-12H2;. The third-order valence-electron chi connectivity index (χ3n) is 3.58. The zero-order valence-electron chi connectivity index (χ0n) is 11.6. The first-order valence-corrected chi connectivity index (χ1v) is 6.90. The van der Waals surface area contributed by atoms with Crippen molar-refractivity contribution in [3.05, 3.63) is 18.7 Å². The molecule has 1 saturated heterocycles. The average molecular weight is 341 g/mol. The monoisotopic (exact) mass is 341 g/mol. The van der Waals surface area contributed by atoms with Gasteiger partial charge in [0, 0.05) is 91.0 Å². The Kier molecular flexibility index (Phi) is 9.08. The molecular weight excluding hydrogens is 317 g/mol. The van der Waals surface area contributed by atoms with Gasteiger partial charge in [-0.15, -0.1) is 0 Å². The summed E-state index contributed by atoms with van der Waals surface area (Å²) >= 11 is 0. The van der Waals surface area contributed by atoms with Gasteiger partial charge >= 0.3 is 0 Å². The van der Waals surface area contributed by atoms with E-state index in [1.807, 2.05) is 18.7 Å². The number of piperazine rings is 1. The van der Waals surface area contributed by atoms with Gasteiger partial charge in [-0.2, -0.15) is 0 Å². The van der Waals surface area contributed by atoms with E-state index in [2.05, 4.69) is 19.4 Å². The van der Waals surface area contributed by atoms with Crippen LogP contribution in [0, 0.1) is 0 Å². The second kappa shape index (κ2) is 10.00. The van der Waals surface area contributed by atoms with Gasteiger partial charge in [0.1, 0.15) is 0 Å². The van der Waals surface area contributed by atoms with Crippen molar-refractivity contribution in [3.63, 3.8) is 0 Å². The Morgan fingerprint density at radius 1 is 0.947 bits per heavy atom. The van der Waals surface area contributed by atoms with Crippen molar-refractivity contribution in [2.24, 2.45) is 0 Å². The van der Waals surface area contributed by atoms with Crippen molar-refractivity contribution < 1.29 is 37.8 Å². The average Bonchev–Trinajstić information content (AvgIpc) is 2.91. The Hall–Kier alpha value is 0.194. The van der Waals surface area contributed by atoms with Crippen molar-refractivity contribution in [2.75, 3.05) is 45.9 Å². The zero-order valence-corrected chi connectivity index (χ0v) is 14.5. The zero-order chi connectivity index (χ0) is 12.6. The van der Waals surface area contributed by atoms with Crippen LogP contribution in [-0.4, -0.2) is 70.3 Å². The molecule has 0 aliphatic carbocycles. The molecule has 1 N–H and O–H groups in total. The van der Waals surface area contributed by atoms with E-state index in [4.69, 9.17) is 5.11 Å². The van der Waals surface area contributed by atoms with Gasteiger partial charge in [0.2, 0.25) is 0 Å². The van der Waals surface area contributed by atoms with Gasteiger partial charge in [0.25, 0.3) is 0 Å².